The molecule has 68 valence electrons. The van der Waals surface area contributed by atoms with E-state index in [0.29, 0.717) is 0 Å². The van der Waals surface area contributed by atoms with Gasteiger partial charge in [0.25, 0.3) is 0 Å². The number of hydrogen-bond acceptors (Lipinski definition) is 2. The molecule has 0 radical (unpaired) electrons. The summed E-state index contributed by atoms with van der Waals surface area (Å²) < 4.78 is 0. The van der Waals surface area contributed by atoms with Crippen molar-refractivity contribution in [3.05, 3.63) is 0 Å². The number of nitrogens with zero attached hydrogens (tertiary/aromatic N) is 1. The molecule has 3 unspecified atom stereocenters. The number of hydrogen-bond donors (Lipinski definition) is 1. The largest absolute Gasteiger partial charge is 0.393 e. The van der Waals surface area contributed by atoms with Crippen LogP contribution in [0.25, 0.3) is 0 Å². The van der Waals surface area contributed by atoms with Crippen molar-refractivity contribution >= 4 is 0 Å². The Morgan fingerprint density at radius 2 is 1.58 bits per heavy atom. The third-order valence-electron chi connectivity index (χ3n) is 4.45. The second-order valence-corrected chi connectivity index (χ2v) is 4.83. The molecule has 1 aliphatic carbocycles. The summed E-state index contributed by atoms with van der Waals surface area (Å²) in [5.41, 5.74) is 0. The van der Waals surface area contributed by atoms with E-state index in [1.54, 1.807) is 0 Å². The maximum Gasteiger partial charge on any atom is 0.0570 e. The molecule has 1 N–H and O–H groups in total. The molecule has 0 aromatic rings. The minimum absolute atomic E-state index is 0.00167. The maximum atomic E-state index is 9.64. The molecule has 0 spiro atoms. The van der Waals surface area contributed by atoms with Crippen LogP contribution >= 0.6 is 0 Å². The number of piperidine rings is 1. The summed E-state index contributed by atoms with van der Waals surface area (Å²) in [5, 5.41) is 9.64. The molecule has 0 aromatic heterocycles. The van der Waals surface area contributed by atoms with Crippen molar-refractivity contribution in [1.29, 1.82) is 0 Å². The lowest BCUT2D eigenvalue weighted by molar-refractivity contribution is 0.0444. The van der Waals surface area contributed by atoms with Crippen molar-refractivity contribution in [2.45, 2.75) is 43.9 Å². The Morgan fingerprint density at radius 3 is 2.00 bits per heavy atom. The van der Waals surface area contributed by atoms with Crippen LogP contribution in [0.4, 0.5) is 0 Å². The van der Waals surface area contributed by atoms with Gasteiger partial charge in [-0.3, -0.25) is 4.90 Å². The van der Waals surface area contributed by atoms with Crippen molar-refractivity contribution < 1.29 is 5.11 Å². The zero-order valence-corrected chi connectivity index (χ0v) is 7.61. The SMILES string of the molecule is CN1C2CC(O)CC1[C@@H]1CC[C@H]21. The third kappa shape index (κ3) is 0.728. The monoisotopic (exact) mass is 167 g/mol. The van der Waals surface area contributed by atoms with E-state index in [4.69, 9.17) is 0 Å². The van der Waals surface area contributed by atoms with E-state index in [1.165, 1.54) is 12.8 Å². The van der Waals surface area contributed by atoms with Crippen LogP contribution in [0.3, 0.4) is 0 Å². The van der Waals surface area contributed by atoms with Crippen LogP contribution in [0.2, 0.25) is 0 Å². The Hall–Kier alpha value is -0.0800. The normalized spacial score (nSPS) is 58.0. The van der Waals surface area contributed by atoms with Crippen LogP contribution in [0, 0.1) is 11.8 Å². The van der Waals surface area contributed by atoms with Crippen molar-refractivity contribution in [1.82, 2.24) is 4.90 Å². The number of aliphatic hydroxyl groups excluding tert-OH is 1. The molecule has 5 atom stereocenters. The molecule has 2 saturated heterocycles. The predicted molar refractivity (Wildman–Crippen MR) is 46.8 cm³/mol. The lowest BCUT2D eigenvalue weighted by Crippen LogP contribution is -2.43. The molecule has 12 heavy (non-hydrogen) atoms. The van der Waals surface area contributed by atoms with Gasteiger partial charge in [-0.05, 0) is 44.6 Å². The maximum absolute atomic E-state index is 9.64. The Balaban J connectivity index is 1.90. The van der Waals surface area contributed by atoms with Crippen LogP contribution in [0.1, 0.15) is 25.7 Å². The fraction of sp³-hybridized carbons (Fsp3) is 1.00. The van der Waals surface area contributed by atoms with Crippen molar-refractivity contribution in [2.75, 3.05) is 7.05 Å². The quantitative estimate of drug-likeness (QED) is 0.578. The van der Waals surface area contributed by atoms with E-state index in [2.05, 4.69) is 11.9 Å². The van der Waals surface area contributed by atoms with Gasteiger partial charge in [0.2, 0.25) is 0 Å². The molecule has 3 fully saturated rings. The average molecular weight is 167 g/mol. The summed E-state index contributed by atoms with van der Waals surface area (Å²) in [7, 11) is 2.25. The Bertz CT molecular complexity index is 182. The van der Waals surface area contributed by atoms with Crippen molar-refractivity contribution in [3.63, 3.8) is 0 Å². The van der Waals surface area contributed by atoms with Crippen LogP contribution in [-0.2, 0) is 0 Å². The highest BCUT2D eigenvalue weighted by atomic mass is 16.3. The van der Waals surface area contributed by atoms with Gasteiger partial charge in [-0.15, -0.1) is 0 Å². The first kappa shape index (κ1) is 7.34. The Morgan fingerprint density at radius 1 is 1.08 bits per heavy atom. The molecule has 2 bridgehead atoms. The topological polar surface area (TPSA) is 23.5 Å². The second kappa shape index (κ2) is 2.24. The van der Waals surface area contributed by atoms with E-state index in [1.807, 2.05) is 0 Å². The predicted octanol–water partition coefficient (Wildman–Crippen LogP) is 0.850. The van der Waals surface area contributed by atoms with E-state index in [-0.39, 0.29) is 6.10 Å². The molecule has 0 amide bonds. The van der Waals surface area contributed by atoms with Gasteiger partial charge in [0.15, 0.2) is 0 Å². The highest BCUT2D eigenvalue weighted by Gasteiger charge is 2.54. The molecule has 2 nitrogen and oxygen atoms in total. The first-order valence-corrected chi connectivity index (χ1v) is 5.17. The van der Waals surface area contributed by atoms with E-state index < -0.39 is 0 Å². The van der Waals surface area contributed by atoms with E-state index in [9.17, 15) is 5.11 Å². The number of rotatable bonds is 0. The van der Waals surface area contributed by atoms with Gasteiger partial charge in [-0.2, -0.15) is 0 Å². The zero-order valence-electron chi connectivity index (χ0n) is 7.61. The standard InChI is InChI=1S/C10H17NO/c1-11-9-4-6(12)5-10(11)8-3-2-7(8)9/h6-10,12H,2-5H2,1H3/t6?,7-,8+,9?,10?. The Kier molecular flexibility index (Phi) is 1.37. The van der Waals surface area contributed by atoms with Gasteiger partial charge in [0.05, 0.1) is 6.10 Å². The zero-order chi connectivity index (χ0) is 8.29. The lowest BCUT2D eigenvalue weighted by atomic mass is 9.71. The minimum Gasteiger partial charge on any atom is -0.393 e. The molecule has 3 rings (SSSR count). The number of fused-ring (bicyclic) bond motifs is 5. The first-order valence-electron chi connectivity index (χ1n) is 5.17. The van der Waals surface area contributed by atoms with Gasteiger partial charge >= 0.3 is 0 Å². The van der Waals surface area contributed by atoms with Crippen LogP contribution in [0.15, 0.2) is 0 Å². The molecule has 2 aliphatic heterocycles. The highest BCUT2D eigenvalue weighted by molar-refractivity contribution is 5.08. The third-order valence-corrected chi connectivity index (χ3v) is 4.45. The summed E-state index contributed by atoms with van der Waals surface area (Å²) in [5.74, 6) is 1.88. The van der Waals surface area contributed by atoms with Gasteiger partial charge in [0, 0.05) is 12.1 Å². The minimum atomic E-state index is 0.00167. The van der Waals surface area contributed by atoms with Gasteiger partial charge < -0.3 is 5.11 Å². The van der Waals surface area contributed by atoms with Crippen LogP contribution in [-0.4, -0.2) is 35.2 Å². The molecule has 2 heteroatoms. The molecule has 0 aromatic carbocycles. The van der Waals surface area contributed by atoms with Crippen molar-refractivity contribution in [2.24, 2.45) is 11.8 Å². The van der Waals surface area contributed by atoms with Gasteiger partial charge in [0.1, 0.15) is 0 Å². The van der Waals surface area contributed by atoms with E-state index in [0.717, 1.165) is 36.8 Å². The smallest absolute Gasteiger partial charge is 0.0570 e. The lowest BCUT2D eigenvalue weighted by Gasteiger charge is -2.34. The average Bonchev–Trinajstić information content (AvgIpc) is 2.10. The van der Waals surface area contributed by atoms with Gasteiger partial charge in [-0.1, -0.05) is 0 Å². The van der Waals surface area contributed by atoms with Gasteiger partial charge in [-0.25, -0.2) is 0 Å². The summed E-state index contributed by atoms with van der Waals surface area (Å²) >= 11 is 0. The number of aliphatic hydroxyl groups is 1. The molecule has 1 saturated carbocycles. The first-order chi connectivity index (χ1) is 5.77. The second-order valence-electron chi connectivity index (χ2n) is 4.83. The summed E-state index contributed by atoms with van der Waals surface area (Å²) in [6.07, 6.45) is 4.91. The molecule has 3 aliphatic rings. The summed E-state index contributed by atoms with van der Waals surface area (Å²) in [4.78, 5) is 2.54. The fourth-order valence-electron chi connectivity index (χ4n) is 3.69. The Labute approximate surface area is 73.6 Å². The fourth-order valence-corrected chi connectivity index (χ4v) is 3.69. The summed E-state index contributed by atoms with van der Waals surface area (Å²) in [6, 6.07) is 1.44. The summed E-state index contributed by atoms with van der Waals surface area (Å²) in [6.45, 7) is 0. The molecular weight excluding hydrogens is 150 g/mol. The molecule has 2 heterocycles. The highest BCUT2D eigenvalue weighted by Crippen LogP contribution is 2.53. The molecular formula is C10H17NO. The van der Waals surface area contributed by atoms with E-state index >= 15 is 0 Å². The van der Waals surface area contributed by atoms with Crippen LogP contribution < -0.4 is 0 Å². The van der Waals surface area contributed by atoms with Crippen LogP contribution in [0.5, 0.6) is 0 Å². The van der Waals surface area contributed by atoms with Crippen molar-refractivity contribution in [3.8, 4) is 0 Å².